The summed E-state index contributed by atoms with van der Waals surface area (Å²) < 4.78 is 11.3. The van der Waals surface area contributed by atoms with Crippen LogP contribution in [0.3, 0.4) is 0 Å². The van der Waals surface area contributed by atoms with Crippen molar-refractivity contribution in [3.63, 3.8) is 0 Å². The molecule has 0 unspecified atom stereocenters. The zero-order chi connectivity index (χ0) is 34.4. The molecule has 0 saturated carbocycles. The van der Waals surface area contributed by atoms with E-state index in [0.717, 1.165) is 38.9 Å². The molecular formula is C38H41Cl3N2O5. The summed E-state index contributed by atoms with van der Waals surface area (Å²) >= 11 is 17.0. The summed E-state index contributed by atoms with van der Waals surface area (Å²) in [6.07, 6.45) is -1.75. The van der Waals surface area contributed by atoms with Gasteiger partial charge in [0.05, 0.1) is 24.9 Å². The predicted molar refractivity (Wildman–Crippen MR) is 190 cm³/mol. The Morgan fingerprint density at radius 2 is 1.54 bits per heavy atom. The minimum Gasteiger partial charge on any atom is -0.392 e. The van der Waals surface area contributed by atoms with Gasteiger partial charge in [-0.05, 0) is 53.4 Å². The molecule has 1 aliphatic heterocycles. The van der Waals surface area contributed by atoms with E-state index in [0.29, 0.717) is 6.54 Å². The SMILES string of the molecule is C[C@@H]1[C@H](CN(C)[C@H](C)[C@@H](O)c2ccccc2)O[C@H](c2ccc(-c3cccc(CNC(=O)C(Cl)(Cl)Cl)c3)cc2)O[C@@H]1c1ccc(CO)cc1. The summed E-state index contributed by atoms with van der Waals surface area (Å²) in [5.41, 5.74) is 6.40. The highest BCUT2D eigenvalue weighted by atomic mass is 35.6. The quantitative estimate of drug-likeness (QED) is 0.138. The second kappa shape index (κ2) is 16.2. The van der Waals surface area contributed by atoms with Crippen molar-refractivity contribution in [1.82, 2.24) is 10.2 Å². The zero-order valence-electron chi connectivity index (χ0n) is 27.1. The zero-order valence-corrected chi connectivity index (χ0v) is 29.4. The standard InChI is InChI=1S/C38H41Cl3N2O5/c1-24-33(22-43(3)25(2)34(45)29-9-5-4-6-10-29)47-36(48-35(24)30-14-12-26(23-44)13-15-30)31-18-16-28(17-19-31)32-11-7-8-27(20-32)21-42-37(46)38(39,40)41/h4-20,24-25,33-36,44-45H,21-23H2,1-3H3,(H,42,46)/t24-,25-,33+,34-,35+,36+/m1/s1. The number of hydrogen-bond donors (Lipinski definition) is 3. The molecule has 7 nitrogen and oxygen atoms in total. The lowest BCUT2D eigenvalue weighted by Crippen LogP contribution is -2.46. The van der Waals surface area contributed by atoms with Gasteiger partial charge < -0.3 is 25.0 Å². The van der Waals surface area contributed by atoms with E-state index < -0.39 is 22.1 Å². The van der Waals surface area contributed by atoms with Gasteiger partial charge in [0.1, 0.15) is 0 Å². The van der Waals surface area contributed by atoms with Crippen molar-refractivity contribution in [2.24, 2.45) is 5.92 Å². The molecule has 5 rings (SSSR count). The average Bonchev–Trinajstić information content (AvgIpc) is 3.11. The summed E-state index contributed by atoms with van der Waals surface area (Å²) in [5.74, 6) is -0.688. The van der Waals surface area contributed by atoms with Gasteiger partial charge in [-0.2, -0.15) is 0 Å². The van der Waals surface area contributed by atoms with E-state index >= 15 is 0 Å². The Labute approximate surface area is 297 Å². The van der Waals surface area contributed by atoms with Crippen LogP contribution < -0.4 is 5.32 Å². The van der Waals surface area contributed by atoms with Crippen LogP contribution in [0, 0.1) is 5.92 Å². The fourth-order valence-electron chi connectivity index (χ4n) is 5.92. The Kier molecular flexibility index (Phi) is 12.2. The topological polar surface area (TPSA) is 91.3 Å². The van der Waals surface area contributed by atoms with E-state index in [-0.39, 0.29) is 37.3 Å². The van der Waals surface area contributed by atoms with E-state index in [4.69, 9.17) is 44.3 Å². The van der Waals surface area contributed by atoms with Gasteiger partial charge in [-0.1, -0.05) is 139 Å². The molecule has 1 saturated heterocycles. The third-order valence-corrected chi connectivity index (χ3v) is 9.55. The normalized spacial score (nSPS) is 21.1. The maximum atomic E-state index is 12.0. The highest BCUT2D eigenvalue weighted by Gasteiger charge is 2.39. The maximum absolute atomic E-state index is 12.0. The Morgan fingerprint density at radius 1 is 0.875 bits per heavy atom. The molecular weight excluding hydrogens is 671 g/mol. The summed E-state index contributed by atoms with van der Waals surface area (Å²) in [5, 5.41) is 23.4. The largest absolute Gasteiger partial charge is 0.392 e. The van der Waals surface area contributed by atoms with Gasteiger partial charge in [0.2, 0.25) is 0 Å². The number of alkyl halides is 3. The second-order valence-corrected chi connectivity index (χ2v) is 14.6. The van der Waals surface area contributed by atoms with Crippen molar-refractivity contribution in [2.75, 3.05) is 13.6 Å². The van der Waals surface area contributed by atoms with Gasteiger partial charge in [-0.25, -0.2) is 0 Å². The number of nitrogens with one attached hydrogen (secondary N) is 1. The summed E-state index contributed by atoms with van der Waals surface area (Å²) in [6.45, 7) is 4.92. The smallest absolute Gasteiger partial charge is 0.272 e. The number of hydrogen-bond acceptors (Lipinski definition) is 6. The highest BCUT2D eigenvalue weighted by Crippen LogP contribution is 2.42. The molecule has 48 heavy (non-hydrogen) atoms. The lowest BCUT2D eigenvalue weighted by Gasteiger charge is -2.43. The number of nitrogens with zero attached hydrogens (tertiary/aromatic N) is 1. The van der Waals surface area contributed by atoms with Crippen LogP contribution in [0.25, 0.3) is 11.1 Å². The van der Waals surface area contributed by atoms with Crippen LogP contribution in [0.2, 0.25) is 0 Å². The number of aliphatic hydroxyl groups excluding tert-OH is 2. The maximum Gasteiger partial charge on any atom is 0.272 e. The van der Waals surface area contributed by atoms with Crippen molar-refractivity contribution in [3.8, 4) is 11.1 Å². The minimum absolute atomic E-state index is 0.00573. The molecule has 6 atom stereocenters. The van der Waals surface area contributed by atoms with Crippen LogP contribution in [0.5, 0.6) is 0 Å². The number of halogens is 3. The molecule has 4 aromatic carbocycles. The Hall–Kier alpha value is -2.98. The van der Waals surface area contributed by atoms with Gasteiger partial charge in [0, 0.05) is 30.6 Å². The van der Waals surface area contributed by atoms with Gasteiger partial charge >= 0.3 is 0 Å². The first-order valence-corrected chi connectivity index (χ1v) is 17.1. The summed E-state index contributed by atoms with van der Waals surface area (Å²) in [7, 11) is 2.01. The Morgan fingerprint density at radius 3 is 2.19 bits per heavy atom. The number of amides is 1. The van der Waals surface area contributed by atoms with Crippen molar-refractivity contribution >= 4 is 40.7 Å². The fraction of sp³-hybridized carbons (Fsp3) is 0.342. The fourth-order valence-corrected chi connectivity index (χ4v) is 6.12. The van der Waals surface area contributed by atoms with Gasteiger partial charge in [0.15, 0.2) is 6.29 Å². The Balaban J connectivity index is 1.35. The van der Waals surface area contributed by atoms with E-state index in [1.807, 2.05) is 117 Å². The first-order valence-electron chi connectivity index (χ1n) is 15.9. The lowest BCUT2D eigenvalue weighted by molar-refractivity contribution is -0.276. The van der Waals surface area contributed by atoms with Crippen molar-refractivity contribution in [1.29, 1.82) is 0 Å². The highest BCUT2D eigenvalue weighted by molar-refractivity contribution is 6.76. The van der Waals surface area contributed by atoms with E-state index in [9.17, 15) is 15.0 Å². The average molecular weight is 712 g/mol. The molecule has 1 amide bonds. The molecule has 4 aromatic rings. The molecule has 1 heterocycles. The first kappa shape index (κ1) is 36.3. The molecule has 1 aliphatic rings. The van der Waals surface area contributed by atoms with Crippen molar-refractivity contribution in [3.05, 3.63) is 131 Å². The molecule has 1 fully saturated rings. The molecule has 0 aromatic heterocycles. The third-order valence-electron chi connectivity index (χ3n) is 9.04. The molecule has 10 heteroatoms. The van der Waals surface area contributed by atoms with E-state index in [1.165, 1.54) is 0 Å². The Bertz CT molecular complexity index is 1630. The van der Waals surface area contributed by atoms with Crippen LogP contribution in [-0.2, 0) is 27.4 Å². The van der Waals surface area contributed by atoms with Crippen LogP contribution in [0.4, 0.5) is 0 Å². The number of ether oxygens (including phenoxy) is 2. The molecule has 0 spiro atoms. The number of benzene rings is 4. The second-order valence-electron chi connectivity index (χ2n) is 12.4. The predicted octanol–water partition coefficient (Wildman–Crippen LogP) is 7.68. The number of carbonyl (C=O) groups is 1. The molecule has 0 bridgehead atoms. The van der Waals surface area contributed by atoms with E-state index in [2.05, 4.69) is 17.1 Å². The van der Waals surface area contributed by atoms with Crippen LogP contribution in [-0.4, -0.2) is 50.6 Å². The first-order chi connectivity index (χ1) is 22.9. The van der Waals surface area contributed by atoms with Crippen molar-refractivity contribution in [2.45, 2.75) is 61.4 Å². The van der Waals surface area contributed by atoms with Crippen LogP contribution >= 0.6 is 34.8 Å². The van der Waals surface area contributed by atoms with Gasteiger partial charge in [-0.15, -0.1) is 0 Å². The summed E-state index contributed by atoms with van der Waals surface area (Å²) in [6, 6.07) is 33.2. The molecule has 0 aliphatic carbocycles. The molecule has 254 valence electrons. The van der Waals surface area contributed by atoms with Gasteiger partial charge in [0.25, 0.3) is 9.70 Å². The summed E-state index contributed by atoms with van der Waals surface area (Å²) in [4.78, 5) is 14.1. The number of likely N-dealkylation sites (N-methyl/N-ethyl adjacent to an activating group) is 1. The number of aliphatic hydroxyl groups is 2. The monoisotopic (exact) mass is 710 g/mol. The van der Waals surface area contributed by atoms with Gasteiger partial charge in [-0.3, -0.25) is 9.69 Å². The minimum atomic E-state index is -2.02. The van der Waals surface area contributed by atoms with Crippen molar-refractivity contribution < 1.29 is 24.5 Å². The van der Waals surface area contributed by atoms with Crippen LogP contribution in [0.15, 0.2) is 103 Å². The van der Waals surface area contributed by atoms with Crippen LogP contribution in [0.1, 0.15) is 60.2 Å². The number of carbonyl (C=O) groups excluding carboxylic acids is 1. The third kappa shape index (κ3) is 8.97. The lowest BCUT2D eigenvalue weighted by atomic mass is 9.89. The molecule has 0 radical (unpaired) electrons. The molecule has 3 N–H and O–H groups in total. The van der Waals surface area contributed by atoms with E-state index in [1.54, 1.807) is 0 Å². The number of rotatable bonds is 11.